The number of fused-ring (bicyclic) bond motifs is 1. The molecule has 0 unspecified atom stereocenters. The molecule has 0 bridgehead atoms. The number of ether oxygens (including phenoxy) is 2. The van der Waals surface area contributed by atoms with Crippen LogP contribution in [0, 0.1) is 17.8 Å². The van der Waals surface area contributed by atoms with Crippen molar-refractivity contribution in [1.82, 2.24) is 9.80 Å². The van der Waals surface area contributed by atoms with E-state index >= 15 is 0 Å². The third kappa shape index (κ3) is 6.38. The zero-order valence-electron chi connectivity index (χ0n) is 22.1. The summed E-state index contributed by atoms with van der Waals surface area (Å²) in [5, 5.41) is 2.99. The number of benzene rings is 1. The number of amides is 3. The van der Waals surface area contributed by atoms with Crippen molar-refractivity contribution in [2.75, 3.05) is 39.2 Å². The fourth-order valence-electron chi connectivity index (χ4n) is 5.32. The highest BCUT2D eigenvalue weighted by molar-refractivity contribution is 5.99. The van der Waals surface area contributed by atoms with E-state index in [1.165, 1.54) is 0 Å². The van der Waals surface area contributed by atoms with Gasteiger partial charge in [-0.1, -0.05) is 19.8 Å². The van der Waals surface area contributed by atoms with Crippen molar-refractivity contribution in [2.24, 2.45) is 17.8 Å². The number of methoxy groups -OCH3 is 1. The summed E-state index contributed by atoms with van der Waals surface area (Å²) in [6.07, 6.45) is 6.58. The Bertz CT molecular complexity index is 957. The summed E-state index contributed by atoms with van der Waals surface area (Å²) in [4.78, 5) is 42.9. The standard InChI is InChI=1S/C28H41N3O5/c1-18-15-31(26(32)13-20-9-10-20)19(2)17-36-24-12-11-22(29-27(33)21-7-5-6-8-21)14-23(24)28(34)30(3)16-25(18)35-4/h11-12,14,18-21,25H,5-10,13,15-17H2,1-4H3,(H,29,33)/t18-,19+,25-/m0/s1. The second-order valence-electron chi connectivity index (χ2n) is 11.0. The topological polar surface area (TPSA) is 88.2 Å². The molecular formula is C28H41N3O5. The van der Waals surface area contributed by atoms with E-state index in [0.29, 0.717) is 42.4 Å². The van der Waals surface area contributed by atoms with Gasteiger partial charge in [0.1, 0.15) is 12.4 Å². The van der Waals surface area contributed by atoms with E-state index in [9.17, 15) is 14.4 Å². The maximum Gasteiger partial charge on any atom is 0.257 e. The fraction of sp³-hybridized carbons (Fsp3) is 0.679. The molecule has 2 aliphatic carbocycles. The minimum Gasteiger partial charge on any atom is -0.491 e. The highest BCUT2D eigenvalue weighted by Crippen LogP contribution is 2.34. The molecule has 8 heteroatoms. The second-order valence-corrected chi connectivity index (χ2v) is 11.0. The number of hydrogen-bond acceptors (Lipinski definition) is 5. The number of likely N-dealkylation sites (N-methyl/N-ethyl adjacent to an activating group) is 1. The van der Waals surface area contributed by atoms with Crippen molar-refractivity contribution in [1.29, 1.82) is 0 Å². The zero-order chi connectivity index (χ0) is 25.8. The lowest BCUT2D eigenvalue weighted by Crippen LogP contribution is -2.48. The summed E-state index contributed by atoms with van der Waals surface area (Å²) < 4.78 is 11.9. The summed E-state index contributed by atoms with van der Waals surface area (Å²) in [6.45, 7) is 5.27. The van der Waals surface area contributed by atoms with Crippen molar-refractivity contribution in [3.05, 3.63) is 23.8 Å². The number of carbonyl (C=O) groups excluding carboxylic acids is 3. The molecule has 3 amide bonds. The lowest BCUT2D eigenvalue weighted by molar-refractivity contribution is -0.135. The predicted molar refractivity (Wildman–Crippen MR) is 138 cm³/mol. The second kappa shape index (κ2) is 11.6. The van der Waals surface area contributed by atoms with Crippen LogP contribution in [0.15, 0.2) is 18.2 Å². The van der Waals surface area contributed by atoms with Gasteiger partial charge in [-0.25, -0.2) is 0 Å². The van der Waals surface area contributed by atoms with Gasteiger partial charge in [0.25, 0.3) is 5.91 Å². The predicted octanol–water partition coefficient (Wildman–Crippen LogP) is 3.95. The molecule has 2 fully saturated rings. The van der Waals surface area contributed by atoms with E-state index in [4.69, 9.17) is 9.47 Å². The van der Waals surface area contributed by atoms with Crippen LogP contribution in [0.3, 0.4) is 0 Å². The van der Waals surface area contributed by atoms with Gasteiger partial charge in [-0.15, -0.1) is 0 Å². The molecule has 198 valence electrons. The van der Waals surface area contributed by atoms with Gasteiger partial charge in [0.2, 0.25) is 11.8 Å². The van der Waals surface area contributed by atoms with E-state index in [2.05, 4.69) is 12.2 Å². The van der Waals surface area contributed by atoms with E-state index in [1.54, 1.807) is 37.3 Å². The van der Waals surface area contributed by atoms with Crippen molar-refractivity contribution in [3.63, 3.8) is 0 Å². The first-order valence-electron chi connectivity index (χ1n) is 13.4. The van der Waals surface area contributed by atoms with Gasteiger partial charge in [-0.05, 0) is 56.7 Å². The lowest BCUT2D eigenvalue weighted by atomic mass is 10.0. The zero-order valence-corrected chi connectivity index (χ0v) is 22.1. The maximum absolute atomic E-state index is 13.5. The van der Waals surface area contributed by atoms with Crippen molar-refractivity contribution < 1.29 is 23.9 Å². The van der Waals surface area contributed by atoms with Crippen LogP contribution in [-0.2, 0) is 14.3 Å². The summed E-state index contributed by atoms with van der Waals surface area (Å²) in [5.74, 6) is 0.996. The number of anilines is 1. The van der Waals surface area contributed by atoms with Gasteiger partial charge in [0.15, 0.2) is 0 Å². The third-order valence-electron chi connectivity index (χ3n) is 7.92. The highest BCUT2D eigenvalue weighted by Gasteiger charge is 2.33. The van der Waals surface area contributed by atoms with Crippen molar-refractivity contribution in [3.8, 4) is 5.75 Å². The molecule has 1 heterocycles. The van der Waals surface area contributed by atoms with Crippen molar-refractivity contribution >= 4 is 23.4 Å². The Kier molecular flexibility index (Phi) is 8.54. The van der Waals surface area contributed by atoms with Crippen molar-refractivity contribution in [2.45, 2.75) is 70.9 Å². The quantitative estimate of drug-likeness (QED) is 0.663. The smallest absolute Gasteiger partial charge is 0.257 e. The Balaban J connectivity index is 1.59. The lowest BCUT2D eigenvalue weighted by Gasteiger charge is -2.36. The van der Waals surface area contributed by atoms with E-state index in [-0.39, 0.29) is 48.3 Å². The van der Waals surface area contributed by atoms with Crippen LogP contribution < -0.4 is 10.1 Å². The Morgan fingerprint density at radius 1 is 1.11 bits per heavy atom. The van der Waals surface area contributed by atoms with Gasteiger partial charge in [0.05, 0.1) is 17.7 Å². The van der Waals surface area contributed by atoms with Gasteiger partial charge in [0, 0.05) is 51.2 Å². The molecule has 1 aromatic rings. The molecule has 0 aromatic heterocycles. The van der Waals surface area contributed by atoms with Gasteiger partial charge < -0.3 is 24.6 Å². The van der Waals surface area contributed by atoms with Crippen LogP contribution in [0.4, 0.5) is 5.69 Å². The van der Waals surface area contributed by atoms with Crippen LogP contribution in [-0.4, -0.2) is 73.5 Å². The Labute approximate surface area is 214 Å². The monoisotopic (exact) mass is 499 g/mol. The normalized spacial score (nSPS) is 26.0. The SMILES string of the molecule is CO[C@H]1CN(C)C(=O)c2cc(NC(=O)C3CCCC3)ccc2OC[C@@H](C)N(C(=O)CC2CC2)C[C@@H]1C. The summed E-state index contributed by atoms with van der Waals surface area (Å²) >= 11 is 0. The Morgan fingerprint density at radius 2 is 1.83 bits per heavy atom. The molecule has 2 saturated carbocycles. The average Bonchev–Trinajstić information content (AvgIpc) is 3.50. The molecule has 8 nitrogen and oxygen atoms in total. The number of hydrogen-bond donors (Lipinski definition) is 1. The maximum atomic E-state index is 13.5. The molecule has 1 N–H and O–H groups in total. The first-order valence-corrected chi connectivity index (χ1v) is 13.4. The Morgan fingerprint density at radius 3 is 2.50 bits per heavy atom. The van der Waals surface area contributed by atoms with Gasteiger partial charge in [-0.2, -0.15) is 0 Å². The molecule has 4 rings (SSSR count). The van der Waals surface area contributed by atoms with Crippen LogP contribution in [0.25, 0.3) is 0 Å². The highest BCUT2D eigenvalue weighted by atomic mass is 16.5. The van der Waals surface area contributed by atoms with E-state index in [1.807, 2.05) is 11.8 Å². The minimum atomic E-state index is -0.226. The number of nitrogens with zero attached hydrogens (tertiary/aromatic N) is 2. The Hall–Kier alpha value is -2.61. The van der Waals surface area contributed by atoms with Gasteiger partial charge in [-0.3, -0.25) is 14.4 Å². The minimum absolute atomic E-state index is 0.00837. The van der Waals surface area contributed by atoms with E-state index in [0.717, 1.165) is 38.5 Å². The summed E-state index contributed by atoms with van der Waals surface area (Å²) in [7, 11) is 3.40. The molecule has 0 radical (unpaired) electrons. The molecule has 3 aliphatic rings. The molecule has 1 aliphatic heterocycles. The third-order valence-corrected chi connectivity index (χ3v) is 7.92. The molecule has 0 spiro atoms. The number of nitrogens with one attached hydrogen (secondary N) is 1. The molecule has 3 atom stereocenters. The van der Waals surface area contributed by atoms with Crippen LogP contribution >= 0.6 is 0 Å². The molecule has 1 aromatic carbocycles. The van der Waals surface area contributed by atoms with E-state index < -0.39 is 0 Å². The molecule has 0 saturated heterocycles. The fourth-order valence-corrected chi connectivity index (χ4v) is 5.32. The van der Waals surface area contributed by atoms with Crippen LogP contribution in [0.2, 0.25) is 0 Å². The molecule has 36 heavy (non-hydrogen) atoms. The van der Waals surface area contributed by atoms with Crippen LogP contribution in [0.1, 0.15) is 69.2 Å². The van der Waals surface area contributed by atoms with Crippen LogP contribution in [0.5, 0.6) is 5.75 Å². The number of rotatable bonds is 5. The largest absolute Gasteiger partial charge is 0.491 e. The summed E-state index contributed by atoms with van der Waals surface area (Å²) in [6, 6.07) is 5.08. The average molecular weight is 500 g/mol. The molecular weight excluding hydrogens is 458 g/mol. The number of carbonyl (C=O) groups is 3. The first kappa shape index (κ1) is 26.5. The summed E-state index contributed by atoms with van der Waals surface area (Å²) in [5.41, 5.74) is 0.988. The van der Waals surface area contributed by atoms with Gasteiger partial charge >= 0.3 is 0 Å². The first-order chi connectivity index (χ1) is 17.3.